The molecule has 0 saturated carbocycles. The summed E-state index contributed by atoms with van der Waals surface area (Å²) in [4.78, 5) is 24.2. The highest BCUT2D eigenvalue weighted by Gasteiger charge is 2.09. The van der Waals surface area contributed by atoms with E-state index in [1.54, 1.807) is 12.1 Å². The Bertz CT molecular complexity index is 822. The first-order valence-corrected chi connectivity index (χ1v) is 12.6. The standard InChI is InChI=1S/C29H40O4/c1-4-5-6-7-8-9-10-11-12-28(30)33-27-19-17-25(18-20-27)24-13-15-26(16-14-24)29(31)32-22-21-23(2)3/h13-20,23H,4-12,21-22H2,1-3H3. The van der Waals surface area contributed by atoms with Gasteiger partial charge in [0.15, 0.2) is 0 Å². The van der Waals surface area contributed by atoms with Crippen molar-refractivity contribution in [1.29, 1.82) is 0 Å². The highest BCUT2D eigenvalue weighted by molar-refractivity contribution is 5.90. The normalized spacial score (nSPS) is 10.9. The zero-order chi connectivity index (χ0) is 23.9. The first kappa shape index (κ1) is 26.6. The van der Waals surface area contributed by atoms with E-state index in [-0.39, 0.29) is 11.9 Å². The summed E-state index contributed by atoms with van der Waals surface area (Å²) < 4.78 is 10.8. The van der Waals surface area contributed by atoms with Gasteiger partial charge in [0.2, 0.25) is 0 Å². The maximum absolute atomic E-state index is 12.1. The summed E-state index contributed by atoms with van der Waals surface area (Å²) in [6, 6.07) is 14.9. The van der Waals surface area contributed by atoms with Crippen LogP contribution in [0.15, 0.2) is 48.5 Å². The SMILES string of the molecule is CCCCCCCCCCC(=O)Oc1ccc(-c2ccc(C(=O)OCCC(C)C)cc2)cc1. The van der Waals surface area contributed by atoms with Gasteiger partial charge in [-0.25, -0.2) is 4.79 Å². The molecule has 0 amide bonds. The van der Waals surface area contributed by atoms with E-state index in [1.165, 1.54) is 38.5 Å². The van der Waals surface area contributed by atoms with Crippen LogP contribution in [0.4, 0.5) is 0 Å². The van der Waals surface area contributed by atoms with Crippen molar-refractivity contribution in [2.75, 3.05) is 6.61 Å². The minimum absolute atomic E-state index is 0.172. The van der Waals surface area contributed by atoms with E-state index in [1.807, 2.05) is 36.4 Å². The minimum atomic E-state index is -0.291. The molecule has 0 spiro atoms. The van der Waals surface area contributed by atoms with Crippen LogP contribution >= 0.6 is 0 Å². The van der Waals surface area contributed by atoms with Crippen molar-refractivity contribution in [3.05, 3.63) is 54.1 Å². The smallest absolute Gasteiger partial charge is 0.338 e. The number of benzene rings is 2. The summed E-state index contributed by atoms with van der Waals surface area (Å²) >= 11 is 0. The van der Waals surface area contributed by atoms with E-state index < -0.39 is 0 Å². The third kappa shape index (κ3) is 10.7. The summed E-state index contributed by atoms with van der Waals surface area (Å²) in [7, 11) is 0. The molecule has 2 rings (SSSR count). The lowest BCUT2D eigenvalue weighted by Gasteiger charge is -2.08. The van der Waals surface area contributed by atoms with Gasteiger partial charge in [0.25, 0.3) is 0 Å². The number of esters is 2. The van der Waals surface area contributed by atoms with Crippen molar-refractivity contribution in [2.45, 2.75) is 85.0 Å². The van der Waals surface area contributed by atoms with Crippen LogP contribution in [0.3, 0.4) is 0 Å². The van der Waals surface area contributed by atoms with E-state index in [0.29, 0.717) is 30.3 Å². The lowest BCUT2D eigenvalue weighted by Crippen LogP contribution is -2.08. The molecule has 0 N–H and O–H groups in total. The highest BCUT2D eigenvalue weighted by atomic mass is 16.5. The molecule has 0 radical (unpaired) electrons. The largest absolute Gasteiger partial charge is 0.462 e. The first-order valence-electron chi connectivity index (χ1n) is 12.6. The number of ether oxygens (including phenoxy) is 2. The first-order chi connectivity index (χ1) is 16.0. The van der Waals surface area contributed by atoms with E-state index in [4.69, 9.17) is 9.47 Å². The van der Waals surface area contributed by atoms with Crippen LogP contribution in [0, 0.1) is 5.92 Å². The van der Waals surface area contributed by atoms with Crippen LogP contribution in [-0.4, -0.2) is 18.5 Å². The summed E-state index contributed by atoms with van der Waals surface area (Å²) in [5, 5.41) is 0. The second-order valence-corrected chi connectivity index (χ2v) is 9.12. The molecule has 0 fully saturated rings. The van der Waals surface area contributed by atoms with Crippen molar-refractivity contribution >= 4 is 11.9 Å². The van der Waals surface area contributed by atoms with E-state index >= 15 is 0 Å². The average molecular weight is 453 g/mol. The molecule has 0 aliphatic heterocycles. The molecule has 0 unspecified atom stereocenters. The van der Waals surface area contributed by atoms with Crippen LogP contribution in [0.5, 0.6) is 5.75 Å². The molecule has 0 bridgehead atoms. The van der Waals surface area contributed by atoms with Crippen LogP contribution in [0.1, 0.15) is 95.3 Å². The van der Waals surface area contributed by atoms with Gasteiger partial charge < -0.3 is 9.47 Å². The molecular weight excluding hydrogens is 412 g/mol. The van der Waals surface area contributed by atoms with Crippen LogP contribution in [0.2, 0.25) is 0 Å². The Labute approximate surface area is 199 Å². The van der Waals surface area contributed by atoms with Crippen LogP contribution in [0.25, 0.3) is 11.1 Å². The molecule has 4 heteroatoms. The van der Waals surface area contributed by atoms with Crippen molar-refractivity contribution in [3.63, 3.8) is 0 Å². The van der Waals surface area contributed by atoms with Gasteiger partial charge in [0, 0.05) is 6.42 Å². The number of hydrogen-bond acceptors (Lipinski definition) is 4. The Kier molecular flexibility index (Phi) is 12.3. The minimum Gasteiger partial charge on any atom is -0.462 e. The molecule has 4 nitrogen and oxygen atoms in total. The van der Waals surface area contributed by atoms with Crippen LogP contribution < -0.4 is 4.74 Å². The molecule has 0 aliphatic carbocycles. The number of carbonyl (C=O) groups excluding carboxylic acids is 2. The maximum Gasteiger partial charge on any atom is 0.338 e. The fourth-order valence-corrected chi connectivity index (χ4v) is 3.57. The Morgan fingerprint density at radius 2 is 1.30 bits per heavy atom. The van der Waals surface area contributed by atoms with Gasteiger partial charge in [-0.3, -0.25) is 4.79 Å². The zero-order valence-electron chi connectivity index (χ0n) is 20.6. The Morgan fingerprint density at radius 3 is 1.88 bits per heavy atom. The summed E-state index contributed by atoms with van der Waals surface area (Å²) in [6.45, 7) is 6.88. The fourth-order valence-electron chi connectivity index (χ4n) is 3.57. The molecular formula is C29H40O4. The number of rotatable bonds is 15. The second-order valence-electron chi connectivity index (χ2n) is 9.12. The quantitative estimate of drug-likeness (QED) is 0.156. The molecule has 180 valence electrons. The third-order valence-corrected chi connectivity index (χ3v) is 5.70. The van der Waals surface area contributed by atoms with Gasteiger partial charge in [-0.1, -0.05) is 90.0 Å². The van der Waals surface area contributed by atoms with Gasteiger partial charge >= 0.3 is 11.9 Å². The van der Waals surface area contributed by atoms with Gasteiger partial charge in [-0.2, -0.15) is 0 Å². The summed E-state index contributed by atoms with van der Waals surface area (Å²) in [6.07, 6.45) is 11.0. The maximum atomic E-state index is 12.1. The highest BCUT2D eigenvalue weighted by Crippen LogP contribution is 2.23. The van der Waals surface area contributed by atoms with Gasteiger partial charge in [0.05, 0.1) is 12.2 Å². The van der Waals surface area contributed by atoms with Crippen molar-refractivity contribution in [1.82, 2.24) is 0 Å². The lowest BCUT2D eigenvalue weighted by atomic mass is 10.0. The molecule has 0 aromatic heterocycles. The lowest BCUT2D eigenvalue weighted by molar-refractivity contribution is -0.134. The van der Waals surface area contributed by atoms with Gasteiger partial charge in [-0.05, 0) is 54.2 Å². The van der Waals surface area contributed by atoms with Gasteiger partial charge in [-0.15, -0.1) is 0 Å². The third-order valence-electron chi connectivity index (χ3n) is 5.70. The molecule has 0 atom stereocenters. The van der Waals surface area contributed by atoms with Gasteiger partial charge in [0.1, 0.15) is 5.75 Å². The molecule has 0 aliphatic rings. The Hall–Kier alpha value is -2.62. The number of unbranched alkanes of at least 4 members (excludes halogenated alkanes) is 7. The fraction of sp³-hybridized carbons (Fsp3) is 0.517. The molecule has 2 aromatic carbocycles. The number of hydrogen-bond donors (Lipinski definition) is 0. The monoisotopic (exact) mass is 452 g/mol. The van der Waals surface area contributed by atoms with E-state index in [9.17, 15) is 9.59 Å². The molecule has 0 heterocycles. The topological polar surface area (TPSA) is 52.6 Å². The summed E-state index contributed by atoms with van der Waals surface area (Å²) in [5.74, 6) is 0.608. The van der Waals surface area contributed by atoms with E-state index in [2.05, 4.69) is 20.8 Å². The Morgan fingerprint density at radius 1 is 0.758 bits per heavy atom. The van der Waals surface area contributed by atoms with Crippen LogP contribution in [-0.2, 0) is 9.53 Å². The molecule has 33 heavy (non-hydrogen) atoms. The molecule has 0 saturated heterocycles. The van der Waals surface area contributed by atoms with E-state index in [0.717, 1.165) is 30.4 Å². The average Bonchev–Trinajstić information content (AvgIpc) is 2.81. The van der Waals surface area contributed by atoms with Crippen molar-refractivity contribution in [3.8, 4) is 16.9 Å². The van der Waals surface area contributed by atoms with Crippen molar-refractivity contribution < 1.29 is 19.1 Å². The summed E-state index contributed by atoms with van der Waals surface area (Å²) in [5.41, 5.74) is 2.54. The Balaban J connectivity index is 1.73. The van der Waals surface area contributed by atoms with Crippen molar-refractivity contribution in [2.24, 2.45) is 5.92 Å². The molecule has 2 aromatic rings. The predicted molar refractivity (Wildman–Crippen MR) is 134 cm³/mol. The number of carbonyl (C=O) groups is 2. The zero-order valence-corrected chi connectivity index (χ0v) is 20.6. The predicted octanol–water partition coefficient (Wildman–Crippen LogP) is 7.99. The second kappa shape index (κ2) is 15.3.